The first-order chi connectivity index (χ1) is 9.77. The summed E-state index contributed by atoms with van der Waals surface area (Å²) in [6, 6.07) is 8.91. The van der Waals surface area contributed by atoms with Gasteiger partial charge in [0.15, 0.2) is 0 Å². The standard InChI is InChI=1S/C17H26N2S/c1-17(9-6-12-20-17)14-18-13-15-7-2-3-8-16(15)19-10-4-5-11-19/h2-3,7-8,18H,4-6,9-14H2,1H3. The summed E-state index contributed by atoms with van der Waals surface area (Å²) in [4.78, 5) is 2.54. The van der Waals surface area contributed by atoms with E-state index in [9.17, 15) is 0 Å². The molecular formula is C17H26N2S. The van der Waals surface area contributed by atoms with Crippen LogP contribution in [-0.2, 0) is 6.54 Å². The van der Waals surface area contributed by atoms with Crippen molar-refractivity contribution in [3.63, 3.8) is 0 Å². The minimum Gasteiger partial charge on any atom is -0.371 e. The molecule has 2 aliphatic heterocycles. The van der Waals surface area contributed by atoms with Crippen molar-refractivity contribution in [3.05, 3.63) is 29.8 Å². The van der Waals surface area contributed by atoms with Gasteiger partial charge in [-0.25, -0.2) is 0 Å². The second-order valence-corrected chi connectivity index (χ2v) is 8.01. The summed E-state index contributed by atoms with van der Waals surface area (Å²) in [5.41, 5.74) is 2.91. The van der Waals surface area contributed by atoms with Gasteiger partial charge in [0.1, 0.15) is 0 Å². The van der Waals surface area contributed by atoms with Crippen molar-refractivity contribution < 1.29 is 0 Å². The van der Waals surface area contributed by atoms with Crippen LogP contribution in [-0.4, -0.2) is 30.1 Å². The Balaban J connectivity index is 1.59. The van der Waals surface area contributed by atoms with Crippen LogP contribution in [0.5, 0.6) is 0 Å². The normalized spacial score (nSPS) is 26.4. The molecule has 0 amide bonds. The van der Waals surface area contributed by atoms with Crippen molar-refractivity contribution in [2.45, 2.75) is 43.9 Å². The minimum absolute atomic E-state index is 0.461. The van der Waals surface area contributed by atoms with Crippen LogP contribution in [0.2, 0.25) is 0 Å². The van der Waals surface area contributed by atoms with Crippen molar-refractivity contribution in [1.82, 2.24) is 5.32 Å². The molecule has 0 radical (unpaired) electrons. The first kappa shape index (κ1) is 14.3. The molecule has 1 aromatic rings. The first-order valence-electron chi connectivity index (χ1n) is 7.94. The van der Waals surface area contributed by atoms with E-state index < -0.39 is 0 Å². The van der Waals surface area contributed by atoms with Crippen LogP contribution in [0.25, 0.3) is 0 Å². The molecule has 2 heterocycles. The molecular weight excluding hydrogens is 264 g/mol. The molecule has 2 nitrogen and oxygen atoms in total. The molecule has 110 valence electrons. The van der Waals surface area contributed by atoms with Gasteiger partial charge in [-0.05, 0) is 50.0 Å². The second kappa shape index (κ2) is 6.40. The second-order valence-electron chi connectivity index (χ2n) is 6.33. The van der Waals surface area contributed by atoms with Crippen LogP contribution in [0.15, 0.2) is 24.3 Å². The third-order valence-corrected chi connectivity index (χ3v) is 6.09. The van der Waals surface area contributed by atoms with Crippen LogP contribution in [0.1, 0.15) is 38.2 Å². The van der Waals surface area contributed by atoms with Crippen LogP contribution in [0.4, 0.5) is 5.69 Å². The summed E-state index contributed by atoms with van der Waals surface area (Å²) >= 11 is 2.14. The highest BCUT2D eigenvalue weighted by Gasteiger charge is 2.28. The Bertz CT molecular complexity index is 434. The third kappa shape index (κ3) is 3.32. The van der Waals surface area contributed by atoms with Crippen molar-refractivity contribution >= 4 is 17.4 Å². The fraction of sp³-hybridized carbons (Fsp3) is 0.647. The van der Waals surface area contributed by atoms with Crippen LogP contribution >= 0.6 is 11.8 Å². The molecule has 3 heteroatoms. The number of para-hydroxylation sites is 1. The molecule has 0 aliphatic carbocycles. The molecule has 20 heavy (non-hydrogen) atoms. The van der Waals surface area contributed by atoms with Gasteiger partial charge in [0, 0.05) is 36.6 Å². The van der Waals surface area contributed by atoms with Gasteiger partial charge in [-0.2, -0.15) is 11.8 Å². The van der Waals surface area contributed by atoms with Gasteiger partial charge in [0.2, 0.25) is 0 Å². The smallest absolute Gasteiger partial charge is 0.0411 e. The summed E-state index contributed by atoms with van der Waals surface area (Å²) < 4.78 is 0.461. The third-order valence-electron chi connectivity index (χ3n) is 4.55. The number of hydrogen-bond acceptors (Lipinski definition) is 3. The number of hydrogen-bond donors (Lipinski definition) is 1. The van der Waals surface area contributed by atoms with Crippen molar-refractivity contribution in [1.29, 1.82) is 0 Å². The SMILES string of the molecule is CC1(CNCc2ccccc2N2CCCC2)CCCS1. The van der Waals surface area contributed by atoms with Crippen molar-refractivity contribution in [2.24, 2.45) is 0 Å². The van der Waals surface area contributed by atoms with E-state index in [1.54, 1.807) is 0 Å². The topological polar surface area (TPSA) is 15.3 Å². The van der Waals surface area contributed by atoms with Gasteiger partial charge in [-0.1, -0.05) is 18.2 Å². The number of benzene rings is 1. The maximum atomic E-state index is 3.70. The van der Waals surface area contributed by atoms with Gasteiger partial charge >= 0.3 is 0 Å². The van der Waals surface area contributed by atoms with E-state index >= 15 is 0 Å². The number of anilines is 1. The number of rotatable bonds is 5. The summed E-state index contributed by atoms with van der Waals surface area (Å²) in [5.74, 6) is 1.34. The lowest BCUT2D eigenvalue weighted by atomic mass is 10.1. The van der Waals surface area contributed by atoms with Crippen molar-refractivity contribution in [3.8, 4) is 0 Å². The predicted molar refractivity (Wildman–Crippen MR) is 89.7 cm³/mol. The van der Waals surface area contributed by atoms with Gasteiger partial charge in [-0.15, -0.1) is 0 Å². The Labute approximate surface area is 127 Å². The maximum Gasteiger partial charge on any atom is 0.0411 e. The average Bonchev–Trinajstić information content (AvgIpc) is 3.11. The summed E-state index contributed by atoms with van der Waals surface area (Å²) in [6.45, 7) is 6.99. The Morgan fingerprint density at radius 2 is 2.00 bits per heavy atom. The van der Waals surface area contributed by atoms with E-state index in [1.807, 2.05) is 0 Å². The lowest BCUT2D eigenvalue weighted by molar-refractivity contribution is 0.537. The molecule has 0 bridgehead atoms. The monoisotopic (exact) mass is 290 g/mol. The van der Waals surface area contributed by atoms with E-state index in [1.165, 1.54) is 55.8 Å². The Hall–Kier alpha value is -0.670. The van der Waals surface area contributed by atoms with Crippen LogP contribution < -0.4 is 10.2 Å². The highest BCUT2D eigenvalue weighted by Crippen LogP contribution is 2.37. The summed E-state index contributed by atoms with van der Waals surface area (Å²) in [5, 5.41) is 3.70. The molecule has 0 spiro atoms. The van der Waals surface area contributed by atoms with Crippen molar-refractivity contribution in [2.75, 3.05) is 30.3 Å². The lowest BCUT2D eigenvalue weighted by Gasteiger charge is -2.25. The van der Waals surface area contributed by atoms with Gasteiger partial charge in [-0.3, -0.25) is 0 Å². The molecule has 2 fully saturated rings. The van der Waals surface area contributed by atoms with Gasteiger partial charge < -0.3 is 10.2 Å². The molecule has 1 atom stereocenters. The zero-order valence-electron chi connectivity index (χ0n) is 12.5. The largest absolute Gasteiger partial charge is 0.371 e. The van der Waals surface area contributed by atoms with E-state index in [0.29, 0.717) is 4.75 Å². The zero-order valence-corrected chi connectivity index (χ0v) is 13.3. The zero-order chi connectivity index (χ0) is 13.8. The number of thioether (sulfide) groups is 1. The molecule has 1 unspecified atom stereocenters. The quantitative estimate of drug-likeness (QED) is 0.891. The first-order valence-corrected chi connectivity index (χ1v) is 8.93. The predicted octanol–water partition coefficient (Wildman–Crippen LogP) is 3.66. The van der Waals surface area contributed by atoms with E-state index in [2.05, 4.69) is 53.2 Å². The maximum absolute atomic E-state index is 3.70. The molecule has 1 N–H and O–H groups in total. The lowest BCUT2D eigenvalue weighted by Crippen LogP contribution is -2.33. The molecule has 1 aromatic carbocycles. The Kier molecular flexibility index (Phi) is 4.57. The average molecular weight is 290 g/mol. The molecule has 0 aromatic heterocycles. The van der Waals surface area contributed by atoms with E-state index in [4.69, 9.17) is 0 Å². The van der Waals surface area contributed by atoms with E-state index in [0.717, 1.165) is 13.1 Å². The molecule has 3 rings (SSSR count). The number of nitrogens with zero attached hydrogens (tertiary/aromatic N) is 1. The van der Waals surface area contributed by atoms with Crippen LogP contribution in [0.3, 0.4) is 0 Å². The molecule has 0 saturated carbocycles. The highest BCUT2D eigenvalue weighted by molar-refractivity contribution is 8.00. The Morgan fingerprint density at radius 3 is 2.75 bits per heavy atom. The van der Waals surface area contributed by atoms with Gasteiger partial charge in [0.25, 0.3) is 0 Å². The van der Waals surface area contributed by atoms with E-state index in [-0.39, 0.29) is 0 Å². The summed E-state index contributed by atoms with van der Waals surface area (Å²) in [7, 11) is 0. The molecule has 2 aliphatic rings. The molecule has 2 saturated heterocycles. The highest BCUT2D eigenvalue weighted by atomic mass is 32.2. The van der Waals surface area contributed by atoms with Crippen LogP contribution in [0, 0.1) is 0 Å². The summed E-state index contributed by atoms with van der Waals surface area (Å²) in [6.07, 6.45) is 5.43. The Morgan fingerprint density at radius 1 is 1.20 bits per heavy atom. The number of nitrogens with one attached hydrogen (secondary N) is 1. The minimum atomic E-state index is 0.461. The van der Waals surface area contributed by atoms with Gasteiger partial charge in [0.05, 0.1) is 0 Å². The fourth-order valence-electron chi connectivity index (χ4n) is 3.36. The fourth-order valence-corrected chi connectivity index (χ4v) is 4.64.